The number of aliphatic imine (C=N–C) groups is 1. The number of rotatable bonds is 0. The minimum Gasteiger partial charge on any atom is -0.274 e. The van der Waals surface area contributed by atoms with Crippen LogP contribution in [-0.2, 0) is 4.79 Å². The first-order valence-electron chi connectivity index (χ1n) is 5.13. The van der Waals surface area contributed by atoms with Crippen molar-refractivity contribution in [3.8, 4) is 0 Å². The molecule has 1 aliphatic rings. The van der Waals surface area contributed by atoms with Gasteiger partial charge in [-0.25, -0.2) is 4.99 Å². The normalized spacial score (nSPS) is 13.2. The number of nitrogens with zero attached hydrogens (tertiary/aromatic N) is 2. The lowest BCUT2D eigenvalue weighted by Crippen LogP contribution is -2.28. The molecule has 0 spiro atoms. The first kappa shape index (κ1) is 9.09. The van der Waals surface area contributed by atoms with Gasteiger partial charge >= 0.3 is 0 Å². The van der Waals surface area contributed by atoms with Crippen LogP contribution in [0.1, 0.15) is 6.92 Å². The molecule has 3 nitrogen and oxygen atoms in total. The van der Waals surface area contributed by atoms with Crippen molar-refractivity contribution < 1.29 is 4.79 Å². The first-order valence-corrected chi connectivity index (χ1v) is 5.13. The Hall–Kier alpha value is -2.16. The number of hydrogen-bond donors (Lipinski definition) is 0. The molecule has 0 bridgehead atoms. The highest BCUT2D eigenvalue weighted by molar-refractivity contribution is 6.18. The van der Waals surface area contributed by atoms with Crippen LogP contribution in [0.25, 0.3) is 10.8 Å². The number of carbonyl (C=O) groups is 1. The second-order valence-corrected chi connectivity index (χ2v) is 3.79. The molecule has 2 aromatic rings. The Morgan fingerprint density at radius 1 is 1.19 bits per heavy atom. The summed E-state index contributed by atoms with van der Waals surface area (Å²) in [5.41, 5.74) is 1.83. The van der Waals surface area contributed by atoms with E-state index in [1.54, 1.807) is 18.2 Å². The van der Waals surface area contributed by atoms with Crippen LogP contribution in [0.15, 0.2) is 41.4 Å². The number of benzene rings is 2. The molecule has 3 heteroatoms. The fourth-order valence-electron chi connectivity index (χ4n) is 2.04. The molecule has 78 valence electrons. The summed E-state index contributed by atoms with van der Waals surface area (Å²) in [6.07, 6.45) is 1.58. The predicted molar refractivity (Wildman–Crippen MR) is 65.3 cm³/mol. The van der Waals surface area contributed by atoms with Gasteiger partial charge < -0.3 is 0 Å². The van der Waals surface area contributed by atoms with Crippen LogP contribution in [0.2, 0.25) is 0 Å². The van der Waals surface area contributed by atoms with Gasteiger partial charge in [0.25, 0.3) is 0 Å². The van der Waals surface area contributed by atoms with Crippen molar-refractivity contribution in [1.82, 2.24) is 0 Å². The molecule has 0 aromatic heterocycles. The Labute approximate surface area is 93.0 Å². The maximum atomic E-state index is 11.5. The van der Waals surface area contributed by atoms with Crippen LogP contribution in [-0.4, -0.2) is 12.2 Å². The summed E-state index contributed by atoms with van der Waals surface area (Å²) >= 11 is 0. The van der Waals surface area contributed by atoms with Gasteiger partial charge in [0.1, 0.15) is 6.34 Å². The zero-order valence-electron chi connectivity index (χ0n) is 8.84. The minimum atomic E-state index is -0.0225. The minimum absolute atomic E-state index is 0.0225. The molecule has 0 radical (unpaired) electrons. The van der Waals surface area contributed by atoms with E-state index >= 15 is 0 Å². The Bertz CT molecular complexity index is 611. The van der Waals surface area contributed by atoms with E-state index in [9.17, 15) is 4.79 Å². The Morgan fingerprint density at radius 3 is 2.69 bits per heavy atom. The Balaban J connectivity index is 2.40. The quantitative estimate of drug-likeness (QED) is 0.658. The smallest absolute Gasteiger partial charge is 0.229 e. The average molecular weight is 210 g/mol. The van der Waals surface area contributed by atoms with Gasteiger partial charge in [-0.1, -0.05) is 24.3 Å². The Morgan fingerprint density at radius 2 is 1.94 bits per heavy atom. The van der Waals surface area contributed by atoms with E-state index < -0.39 is 0 Å². The van der Waals surface area contributed by atoms with Crippen LogP contribution in [0, 0.1) is 0 Å². The molecule has 0 aliphatic carbocycles. The van der Waals surface area contributed by atoms with E-state index in [-0.39, 0.29) is 5.91 Å². The molecule has 16 heavy (non-hydrogen) atoms. The molecule has 1 heterocycles. The van der Waals surface area contributed by atoms with Crippen LogP contribution in [0.5, 0.6) is 0 Å². The lowest BCUT2D eigenvalue weighted by atomic mass is 10.1. The third-order valence-electron chi connectivity index (χ3n) is 2.77. The molecular formula is C13H10N2O. The highest BCUT2D eigenvalue weighted by Gasteiger charge is 2.17. The molecule has 3 rings (SSSR count). The summed E-state index contributed by atoms with van der Waals surface area (Å²) < 4.78 is 0. The molecule has 0 N–H and O–H groups in total. The molecular weight excluding hydrogens is 200 g/mol. The summed E-state index contributed by atoms with van der Waals surface area (Å²) in [7, 11) is 0. The fraction of sp³-hybridized carbons (Fsp3) is 0.0769. The van der Waals surface area contributed by atoms with E-state index in [4.69, 9.17) is 0 Å². The SMILES string of the molecule is CC(=O)N1C=Nc2cccc3cccc1c23. The maximum absolute atomic E-state index is 11.5. The zero-order chi connectivity index (χ0) is 11.1. The second-order valence-electron chi connectivity index (χ2n) is 3.79. The molecule has 0 atom stereocenters. The topological polar surface area (TPSA) is 32.7 Å². The van der Waals surface area contributed by atoms with Crippen LogP contribution in [0.4, 0.5) is 11.4 Å². The molecule has 1 aliphatic heterocycles. The Kier molecular flexibility index (Phi) is 1.80. The summed E-state index contributed by atoms with van der Waals surface area (Å²) in [5.74, 6) is -0.0225. The van der Waals surface area contributed by atoms with Gasteiger partial charge in [0.2, 0.25) is 5.91 Å². The lowest BCUT2D eigenvalue weighted by molar-refractivity contribution is -0.115. The standard InChI is InChI=1S/C13H10N2O/c1-9(16)15-8-14-11-6-2-4-10-5-3-7-12(15)13(10)11/h2-8H,1H3. The molecule has 0 saturated heterocycles. The molecule has 1 amide bonds. The average Bonchev–Trinajstić information content (AvgIpc) is 2.30. The molecule has 0 fully saturated rings. The second kappa shape index (κ2) is 3.17. The predicted octanol–water partition coefficient (Wildman–Crippen LogP) is 2.87. The van der Waals surface area contributed by atoms with E-state index in [2.05, 4.69) is 4.99 Å². The summed E-state index contributed by atoms with van der Waals surface area (Å²) in [5, 5.41) is 2.15. The van der Waals surface area contributed by atoms with Gasteiger partial charge in [-0.15, -0.1) is 0 Å². The van der Waals surface area contributed by atoms with Crippen molar-refractivity contribution >= 4 is 34.4 Å². The third-order valence-corrected chi connectivity index (χ3v) is 2.77. The molecule has 2 aromatic carbocycles. The third kappa shape index (κ3) is 1.15. The first-order chi connectivity index (χ1) is 7.77. The van der Waals surface area contributed by atoms with Crippen LogP contribution >= 0.6 is 0 Å². The van der Waals surface area contributed by atoms with Gasteiger partial charge in [0.15, 0.2) is 0 Å². The van der Waals surface area contributed by atoms with Gasteiger partial charge in [-0.3, -0.25) is 9.69 Å². The highest BCUT2D eigenvalue weighted by Crippen LogP contribution is 2.36. The van der Waals surface area contributed by atoms with Crippen molar-refractivity contribution in [2.75, 3.05) is 4.90 Å². The fourth-order valence-corrected chi connectivity index (χ4v) is 2.04. The zero-order valence-corrected chi connectivity index (χ0v) is 8.84. The molecule has 0 saturated carbocycles. The van der Waals surface area contributed by atoms with Crippen molar-refractivity contribution in [3.63, 3.8) is 0 Å². The highest BCUT2D eigenvalue weighted by atomic mass is 16.2. The van der Waals surface area contributed by atoms with Gasteiger partial charge in [0.05, 0.1) is 11.4 Å². The number of amides is 1. The monoisotopic (exact) mass is 210 g/mol. The van der Waals surface area contributed by atoms with Crippen molar-refractivity contribution in [1.29, 1.82) is 0 Å². The van der Waals surface area contributed by atoms with Crippen LogP contribution in [0.3, 0.4) is 0 Å². The van der Waals surface area contributed by atoms with E-state index in [0.29, 0.717) is 0 Å². The summed E-state index contributed by atoms with van der Waals surface area (Å²) in [4.78, 5) is 17.4. The number of carbonyl (C=O) groups excluding carboxylic acids is 1. The van der Waals surface area contributed by atoms with Crippen molar-refractivity contribution in [2.24, 2.45) is 4.99 Å². The van der Waals surface area contributed by atoms with E-state index in [1.165, 1.54) is 0 Å². The number of hydrogen-bond acceptors (Lipinski definition) is 2. The maximum Gasteiger partial charge on any atom is 0.229 e. The summed E-state index contributed by atoms with van der Waals surface area (Å²) in [6.45, 7) is 1.54. The largest absolute Gasteiger partial charge is 0.274 e. The summed E-state index contributed by atoms with van der Waals surface area (Å²) in [6, 6.07) is 11.9. The van der Waals surface area contributed by atoms with Gasteiger partial charge in [-0.2, -0.15) is 0 Å². The van der Waals surface area contributed by atoms with Gasteiger partial charge in [0, 0.05) is 12.3 Å². The van der Waals surface area contributed by atoms with E-state index in [0.717, 1.165) is 22.1 Å². The van der Waals surface area contributed by atoms with Crippen molar-refractivity contribution in [3.05, 3.63) is 36.4 Å². The van der Waals surface area contributed by atoms with Crippen LogP contribution < -0.4 is 4.90 Å². The van der Waals surface area contributed by atoms with Gasteiger partial charge in [-0.05, 0) is 17.5 Å². The number of anilines is 1. The van der Waals surface area contributed by atoms with E-state index in [1.807, 2.05) is 36.4 Å². The lowest BCUT2D eigenvalue weighted by Gasteiger charge is -2.22. The molecule has 0 unspecified atom stereocenters. The van der Waals surface area contributed by atoms with Crippen molar-refractivity contribution in [2.45, 2.75) is 6.92 Å².